The van der Waals surface area contributed by atoms with E-state index in [0.29, 0.717) is 6.61 Å². The zero-order valence-electron chi connectivity index (χ0n) is 14.0. The molecule has 1 N–H and O–H groups in total. The normalized spacial score (nSPS) is 43.8. The molecule has 3 rings (SSSR count). The second-order valence-electron chi connectivity index (χ2n) is 6.95. The quantitative estimate of drug-likeness (QED) is 0.373. The molecule has 0 aromatic heterocycles. The van der Waals surface area contributed by atoms with Crippen molar-refractivity contribution in [1.29, 1.82) is 0 Å². The van der Waals surface area contributed by atoms with E-state index in [0.717, 1.165) is 11.6 Å². The van der Waals surface area contributed by atoms with E-state index in [2.05, 4.69) is 32.1 Å². The van der Waals surface area contributed by atoms with Crippen molar-refractivity contribution in [3.63, 3.8) is 0 Å². The van der Waals surface area contributed by atoms with Crippen LogP contribution in [0.2, 0.25) is 0 Å². The second-order valence-corrected chi connectivity index (χ2v) is 6.95. The zero-order chi connectivity index (χ0) is 16.8. The van der Waals surface area contributed by atoms with Crippen LogP contribution in [0.1, 0.15) is 27.7 Å². The third-order valence-corrected chi connectivity index (χ3v) is 5.07. The molecule has 2 saturated heterocycles. The molecule has 0 unspecified atom stereocenters. The summed E-state index contributed by atoms with van der Waals surface area (Å²) in [5.74, 6) is -1.35. The summed E-state index contributed by atoms with van der Waals surface area (Å²) in [7, 11) is 0. The lowest BCUT2D eigenvalue weighted by Gasteiger charge is -2.51. The molecule has 1 spiro atoms. The van der Waals surface area contributed by atoms with E-state index in [9.17, 15) is 4.79 Å². The highest BCUT2D eigenvalue weighted by Gasteiger charge is 2.65. The number of epoxide rings is 1. The maximum atomic E-state index is 10.6. The topological polar surface area (TPSA) is 68.3 Å². The molecule has 2 fully saturated rings. The number of allylic oxidation sites excluding steroid dienone is 2. The molecule has 6 atom stereocenters. The van der Waals surface area contributed by atoms with E-state index in [1.807, 2.05) is 13.8 Å². The highest BCUT2D eigenvalue weighted by atomic mass is 16.8. The highest BCUT2D eigenvalue weighted by molar-refractivity contribution is 5.80. The Labute approximate surface area is 136 Å². The van der Waals surface area contributed by atoms with E-state index in [-0.39, 0.29) is 24.0 Å². The molecule has 2 bridgehead atoms. The maximum absolute atomic E-state index is 10.6. The van der Waals surface area contributed by atoms with Crippen molar-refractivity contribution >= 4 is 5.97 Å². The predicted octanol–water partition coefficient (Wildman–Crippen LogP) is 2.68. The van der Waals surface area contributed by atoms with Gasteiger partial charge in [0.05, 0.1) is 18.8 Å². The van der Waals surface area contributed by atoms with Gasteiger partial charge in [0.1, 0.15) is 0 Å². The predicted molar refractivity (Wildman–Crippen MR) is 84.8 cm³/mol. The molecule has 0 radical (unpaired) electrons. The van der Waals surface area contributed by atoms with Gasteiger partial charge in [0, 0.05) is 17.9 Å². The number of ether oxygens (including phenoxy) is 3. The van der Waals surface area contributed by atoms with Gasteiger partial charge >= 0.3 is 5.97 Å². The third kappa shape index (κ3) is 2.89. The largest absolute Gasteiger partial charge is 0.478 e. The van der Waals surface area contributed by atoms with Crippen LogP contribution in [0.3, 0.4) is 0 Å². The lowest BCUT2D eigenvalue weighted by molar-refractivity contribution is -0.346. The van der Waals surface area contributed by atoms with Crippen molar-refractivity contribution < 1.29 is 24.1 Å². The number of rotatable bonds is 4. The van der Waals surface area contributed by atoms with Crippen LogP contribution in [-0.2, 0) is 19.0 Å². The first-order chi connectivity index (χ1) is 10.8. The summed E-state index contributed by atoms with van der Waals surface area (Å²) in [6.07, 6.45) is 8.97. The fourth-order valence-corrected chi connectivity index (χ4v) is 3.55. The first kappa shape index (κ1) is 16.4. The lowest BCUT2D eigenvalue weighted by Crippen LogP contribution is -2.61. The molecule has 126 valence electrons. The molecule has 5 heteroatoms. The van der Waals surface area contributed by atoms with E-state index in [4.69, 9.17) is 19.3 Å². The van der Waals surface area contributed by atoms with Crippen LogP contribution in [-0.4, -0.2) is 41.3 Å². The minimum atomic E-state index is -0.943. The zero-order valence-corrected chi connectivity index (χ0v) is 14.0. The fraction of sp³-hybridized carbons (Fsp3) is 0.611. The van der Waals surface area contributed by atoms with E-state index >= 15 is 0 Å². The Bertz CT molecular complexity index is 586. The summed E-state index contributed by atoms with van der Waals surface area (Å²) in [5, 5.41) is 8.72. The van der Waals surface area contributed by atoms with Gasteiger partial charge in [-0.2, -0.15) is 0 Å². The number of carboxylic acid groups (broad SMARTS) is 1. The van der Waals surface area contributed by atoms with Gasteiger partial charge in [-0.3, -0.25) is 0 Å². The van der Waals surface area contributed by atoms with Crippen LogP contribution in [0.15, 0.2) is 36.0 Å². The highest BCUT2D eigenvalue weighted by Crippen LogP contribution is 2.51. The Morgan fingerprint density at radius 3 is 2.70 bits per heavy atom. The van der Waals surface area contributed by atoms with Crippen LogP contribution in [0, 0.1) is 11.8 Å². The average Bonchev–Trinajstić information content (AvgIpc) is 3.26. The van der Waals surface area contributed by atoms with Gasteiger partial charge in [-0.15, -0.1) is 0 Å². The smallest absolute Gasteiger partial charge is 0.328 e. The Morgan fingerprint density at radius 1 is 1.39 bits per heavy atom. The number of hydrogen-bond acceptors (Lipinski definition) is 4. The molecule has 3 aliphatic heterocycles. The summed E-state index contributed by atoms with van der Waals surface area (Å²) >= 11 is 0. The standard InChI is InChI=1S/C18H24O5/c1-11(5-6-15(19)20)9-12(2)16-13(3)14-7-8-18(10-21-18)17(4,22-14)23-16/h5-9,12-14,16H,10H2,1-4H3,(H,19,20)/b6-5+,11-9+/t12-,13+,14-,16-,17-,18-/m1/s1. The summed E-state index contributed by atoms with van der Waals surface area (Å²) in [4.78, 5) is 10.6. The summed E-state index contributed by atoms with van der Waals surface area (Å²) in [6.45, 7) is 8.68. The van der Waals surface area contributed by atoms with Gasteiger partial charge in [-0.25, -0.2) is 4.79 Å². The van der Waals surface area contributed by atoms with Gasteiger partial charge in [0.25, 0.3) is 0 Å². The maximum Gasteiger partial charge on any atom is 0.328 e. The number of fused-ring (bicyclic) bond motifs is 3. The Hall–Kier alpha value is -1.43. The molecule has 0 aromatic rings. The first-order valence-electron chi connectivity index (χ1n) is 8.05. The van der Waals surface area contributed by atoms with Gasteiger partial charge in [0.2, 0.25) is 5.79 Å². The molecule has 0 saturated carbocycles. The van der Waals surface area contributed by atoms with Crippen molar-refractivity contribution in [3.05, 3.63) is 36.0 Å². The summed E-state index contributed by atoms with van der Waals surface area (Å²) in [6, 6.07) is 0. The summed E-state index contributed by atoms with van der Waals surface area (Å²) in [5.41, 5.74) is 0.467. The minimum Gasteiger partial charge on any atom is -0.478 e. The van der Waals surface area contributed by atoms with Crippen LogP contribution >= 0.6 is 0 Å². The van der Waals surface area contributed by atoms with Crippen molar-refractivity contribution in [2.45, 2.75) is 51.3 Å². The number of hydrogen-bond donors (Lipinski definition) is 1. The monoisotopic (exact) mass is 320 g/mol. The van der Waals surface area contributed by atoms with Crippen LogP contribution < -0.4 is 0 Å². The number of carbonyl (C=O) groups is 1. The molecule has 5 nitrogen and oxygen atoms in total. The van der Waals surface area contributed by atoms with Gasteiger partial charge in [-0.05, 0) is 19.9 Å². The van der Waals surface area contributed by atoms with Crippen molar-refractivity contribution in [2.24, 2.45) is 11.8 Å². The van der Waals surface area contributed by atoms with Crippen LogP contribution in [0.25, 0.3) is 0 Å². The van der Waals surface area contributed by atoms with E-state index in [1.165, 1.54) is 0 Å². The first-order valence-corrected chi connectivity index (χ1v) is 8.05. The van der Waals surface area contributed by atoms with E-state index < -0.39 is 17.4 Å². The molecular formula is C18H24O5. The van der Waals surface area contributed by atoms with Gasteiger partial charge < -0.3 is 19.3 Å². The Morgan fingerprint density at radius 2 is 2.09 bits per heavy atom. The lowest BCUT2D eigenvalue weighted by atomic mass is 9.82. The van der Waals surface area contributed by atoms with E-state index in [1.54, 1.807) is 6.08 Å². The molecular weight excluding hydrogens is 296 g/mol. The van der Waals surface area contributed by atoms with Gasteiger partial charge in [0.15, 0.2) is 5.60 Å². The molecule has 0 aromatic carbocycles. The molecule has 0 aliphatic carbocycles. The SMILES string of the molecule is CC(/C=C/C(=O)O)=C\[C@@H](C)[C@H]1O[C@@]2(C)O[C@H](C=C[C@@]23CO3)[C@@H]1C. The second kappa shape index (κ2) is 5.58. The fourth-order valence-electron chi connectivity index (χ4n) is 3.55. The van der Waals surface area contributed by atoms with Crippen LogP contribution in [0.4, 0.5) is 0 Å². The third-order valence-electron chi connectivity index (χ3n) is 5.07. The van der Waals surface area contributed by atoms with Gasteiger partial charge in [-0.1, -0.05) is 37.6 Å². The minimum absolute atomic E-state index is 0.0132. The van der Waals surface area contributed by atoms with Crippen molar-refractivity contribution in [2.75, 3.05) is 6.61 Å². The Balaban J connectivity index is 1.79. The number of aliphatic carboxylic acids is 1. The average molecular weight is 320 g/mol. The van der Waals surface area contributed by atoms with Crippen LogP contribution in [0.5, 0.6) is 0 Å². The molecule has 3 heterocycles. The molecule has 23 heavy (non-hydrogen) atoms. The Kier molecular flexibility index (Phi) is 3.99. The number of carboxylic acids is 1. The van der Waals surface area contributed by atoms with Crippen molar-refractivity contribution in [1.82, 2.24) is 0 Å². The van der Waals surface area contributed by atoms with Crippen molar-refractivity contribution in [3.8, 4) is 0 Å². The molecule has 3 aliphatic rings. The summed E-state index contributed by atoms with van der Waals surface area (Å²) < 4.78 is 18.1. The molecule has 0 amide bonds.